The smallest absolute Gasteiger partial charge is 0.175 e. The standard InChI is InChI=1S/C8H10N2O2S/c1-13(11,12)7-3-2-6(5-9)8(10)4-7/h2-5,9H,10H2,1H3. The summed E-state index contributed by atoms with van der Waals surface area (Å²) in [5.41, 5.74) is 6.34. The van der Waals surface area contributed by atoms with Gasteiger partial charge in [-0.05, 0) is 12.1 Å². The summed E-state index contributed by atoms with van der Waals surface area (Å²) in [5.74, 6) is 0. The molecule has 0 radical (unpaired) electrons. The van der Waals surface area contributed by atoms with Crippen LogP contribution >= 0.6 is 0 Å². The van der Waals surface area contributed by atoms with E-state index in [-0.39, 0.29) is 4.90 Å². The molecule has 0 fully saturated rings. The lowest BCUT2D eigenvalue weighted by molar-refractivity contribution is 0.602. The summed E-state index contributed by atoms with van der Waals surface area (Å²) in [4.78, 5) is 0.176. The molecule has 1 rings (SSSR count). The van der Waals surface area contributed by atoms with Crippen LogP contribution in [0.3, 0.4) is 0 Å². The Morgan fingerprint density at radius 1 is 1.46 bits per heavy atom. The molecule has 5 heteroatoms. The molecule has 13 heavy (non-hydrogen) atoms. The summed E-state index contributed by atoms with van der Waals surface area (Å²) >= 11 is 0. The van der Waals surface area contributed by atoms with Crippen LogP contribution in [0.15, 0.2) is 23.1 Å². The maximum absolute atomic E-state index is 11.1. The van der Waals surface area contributed by atoms with Gasteiger partial charge < -0.3 is 11.1 Å². The molecule has 0 bridgehead atoms. The van der Waals surface area contributed by atoms with E-state index in [1.165, 1.54) is 18.2 Å². The van der Waals surface area contributed by atoms with Gasteiger partial charge in [0, 0.05) is 23.7 Å². The van der Waals surface area contributed by atoms with E-state index in [4.69, 9.17) is 11.1 Å². The first-order valence-corrected chi connectivity index (χ1v) is 5.44. The Balaban J connectivity index is 3.34. The topological polar surface area (TPSA) is 84.0 Å². The Hall–Kier alpha value is -1.36. The number of nitrogens with one attached hydrogen (secondary N) is 1. The molecule has 0 amide bonds. The van der Waals surface area contributed by atoms with E-state index < -0.39 is 9.84 Å². The number of nitrogen functional groups attached to an aromatic ring is 1. The molecule has 1 aromatic carbocycles. The summed E-state index contributed by atoms with van der Waals surface area (Å²) < 4.78 is 22.1. The second kappa shape index (κ2) is 3.18. The second-order valence-corrected chi connectivity index (χ2v) is 4.72. The summed E-state index contributed by atoms with van der Waals surface area (Å²) in [5, 5.41) is 6.96. The van der Waals surface area contributed by atoms with Crippen LogP contribution in [0.4, 0.5) is 5.69 Å². The van der Waals surface area contributed by atoms with Gasteiger partial charge >= 0.3 is 0 Å². The Labute approximate surface area is 76.8 Å². The molecule has 70 valence electrons. The van der Waals surface area contributed by atoms with Gasteiger partial charge in [-0.3, -0.25) is 0 Å². The van der Waals surface area contributed by atoms with Gasteiger partial charge in [-0.15, -0.1) is 0 Å². The van der Waals surface area contributed by atoms with E-state index in [1.807, 2.05) is 0 Å². The molecule has 3 N–H and O–H groups in total. The summed E-state index contributed by atoms with van der Waals surface area (Å²) in [6.45, 7) is 0. The van der Waals surface area contributed by atoms with Gasteiger partial charge in [0.15, 0.2) is 9.84 Å². The number of nitrogens with two attached hydrogens (primary N) is 1. The predicted octanol–water partition coefficient (Wildman–Crippen LogP) is 0.670. The highest BCUT2D eigenvalue weighted by atomic mass is 32.2. The first kappa shape index (κ1) is 9.73. The first-order valence-electron chi connectivity index (χ1n) is 3.55. The van der Waals surface area contributed by atoms with Crippen LogP contribution in [-0.2, 0) is 9.84 Å². The van der Waals surface area contributed by atoms with Crippen molar-refractivity contribution in [3.05, 3.63) is 23.8 Å². The van der Waals surface area contributed by atoms with E-state index in [1.54, 1.807) is 0 Å². The molecule has 0 aliphatic heterocycles. The van der Waals surface area contributed by atoms with E-state index in [2.05, 4.69) is 0 Å². The molecule has 0 spiro atoms. The van der Waals surface area contributed by atoms with Crippen molar-refractivity contribution < 1.29 is 8.42 Å². The number of benzene rings is 1. The third-order valence-electron chi connectivity index (χ3n) is 1.64. The minimum Gasteiger partial charge on any atom is -0.398 e. The van der Waals surface area contributed by atoms with Gasteiger partial charge in [0.05, 0.1) is 4.90 Å². The van der Waals surface area contributed by atoms with Crippen molar-refractivity contribution in [3.63, 3.8) is 0 Å². The zero-order valence-electron chi connectivity index (χ0n) is 7.11. The van der Waals surface area contributed by atoms with E-state index in [0.717, 1.165) is 12.5 Å². The van der Waals surface area contributed by atoms with Crippen molar-refractivity contribution >= 4 is 21.7 Å². The van der Waals surface area contributed by atoms with Crippen molar-refractivity contribution in [1.82, 2.24) is 0 Å². The molecule has 0 aliphatic rings. The number of anilines is 1. The molecule has 0 unspecified atom stereocenters. The Bertz CT molecular complexity index is 437. The molecule has 0 aliphatic carbocycles. The normalized spacial score (nSPS) is 11.2. The minimum atomic E-state index is -3.21. The van der Waals surface area contributed by atoms with E-state index in [9.17, 15) is 8.42 Å². The predicted molar refractivity (Wildman–Crippen MR) is 51.8 cm³/mol. The largest absolute Gasteiger partial charge is 0.398 e. The fourth-order valence-electron chi connectivity index (χ4n) is 0.915. The molecular weight excluding hydrogens is 188 g/mol. The van der Waals surface area contributed by atoms with Crippen LogP contribution in [-0.4, -0.2) is 20.9 Å². The monoisotopic (exact) mass is 198 g/mol. The summed E-state index contributed by atoms with van der Waals surface area (Å²) in [6.07, 6.45) is 2.20. The lowest BCUT2D eigenvalue weighted by atomic mass is 10.2. The molecule has 4 nitrogen and oxygen atoms in total. The van der Waals surface area contributed by atoms with Crippen LogP contribution in [0.25, 0.3) is 0 Å². The summed E-state index contributed by atoms with van der Waals surface area (Å²) in [6, 6.07) is 4.31. The zero-order valence-corrected chi connectivity index (χ0v) is 7.93. The van der Waals surface area contributed by atoms with Crippen LogP contribution in [0, 0.1) is 5.41 Å². The molecule has 0 saturated heterocycles. The number of hydrogen-bond acceptors (Lipinski definition) is 4. The first-order chi connectivity index (χ1) is 5.95. The Morgan fingerprint density at radius 3 is 2.46 bits per heavy atom. The van der Waals surface area contributed by atoms with E-state index >= 15 is 0 Å². The van der Waals surface area contributed by atoms with Crippen LogP contribution < -0.4 is 5.73 Å². The van der Waals surface area contributed by atoms with Crippen molar-refractivity contribution in [1.29, 1.82) is 5.41 Å². The van der Waals surface area contributed by atoms with Crippen molar-refractivity contribution in [2.75, 3.05) is 12.0 Å². The Kier molecular flexibility index (Phi) is 2.38. The number of sulfone groups is 1. The molecule has 0 aromatic heterocycles. The lowest BCUT2D eigenvalue weighted by Crippen LogP contribution is -2.00. The van der Waals surface area contributed by atoms with Crippen LogP contribution in [0.1, 0.15) is 5.56 Å². The number of hydrogen-bond donors (Lipinski definition) is 2. The SMILES string of the molecule is CS(=O)(=O)c1ccc(C=N)c(N)c1. The van der Waals surface area contributed by atoms with Gasteiger partial charge in [-0.1, -0.05) is 6.07 Å². The van der Waals surface area contributed by atoms with Crippen LogP contribution in [0.5, 0.6) is 0 Å². The van der Waals surface area contributed by atoms with Gasteiger partial charge in [0.2, 0.25) is 0 Å². The average Bonchev–Trinajstić information content (AvgIpc) is 2.02. The zero-order chi connectivity index (χ0) is 10.1. The van der Waals surface area contributed by atoms with Crippen molar-refractivity contribution in [3.8, 4) is 0 Å². The molecule has 1 aromatic rings. The number of rotatable bonds is 2. The highest BCUT2D eigenvalue weighted by molar-refractivity contribution is 7.90. The van der Waals surface area contributed by atoms with Crippen molar-refractivity contribution in [2.45, 2.75) is 4.90 Å². The molecule has 0 heterocycles. The third kappa shape index (κ3) is 2.06. The van der Waals surface area contributed by atoms with Gasteiger partial charge in [0.25, 0.3) is 0 Å². The minimum absolute atomic E-state index is 0.176. The molecule has 0 saturated carbocycles. The fourth-order valence-corrected chi connectivity index (χ4v) is 1.57. The average molecular weight is 198 g/mol. The second-order valence-electron chi connectivity index (χ2n) is 2.71. The van der Waals surface area contributed by atoms with Gasteiger partial charge in [-0.2, -0.15) is 0 Å². The fraction of sp³-hybridized carbons (Fsp3) is 0.125. The maximum atomic E-state index is 11.1. The molecule has 0 atom stereocenters. The van der Waals surface area contributed by atoms with Crippen LogP contribution in [0.2, 0.25) is 0 Å². The maximum Gasteiger partial charge on any atom is 0.175 e. The Morgan fingerprint density at radius 2 is 2.08 bits per heavy atom. The third-order valence-corrected chi connectivity index (χ3v) is 2.75. The van der Waals surface area contributed by atoms with Gasteiger partial charge in [-0.25, -0.2) is 8.42 Å². The summed E-state index contributed by atoms with van der Waals surface area (Å²) in [7, 11) is -3.21. The van der Waals surface area contributed by atoms with E-state index in [0.29, 0.717) is 11.3 Å². The highest BCUT2D eigenvalue weighted by Gasteiger charge is 2.07. The molecular formula is C8H10N2O2S. The van der Waals surface area contributed by atoms with Crippen molar-refractivity contribution in [2.24, 2.45) is 0 Å². The van der Waals surface area contributed by atoms with Gasteiger partial charge in [0.1, 0.15) is 0 Å². The quantitative estimate of drug-likeness (QED) is 0.541. The lowest BCUT2D eigenvalue weighted by Gasteiger charge is -2.02. The highest BCUT2D eigenvalue weighted by Crippen LogP contribution is 2.16.